The van der Waals surface area contributed by atoms with Gasteiger partial charge in [-0.15, -0.1) is 0 Å². The Morgan fingerprint density at radius 1 is 1.33 bits per heavy atom. The minimum atomic E-state index is -0.968. The number of nitrogens with one attached hydrogen (secondary N) is 2. The third-order valence-corrected chi connectivity index (χ3v) is 2.77. The van der Waals surface area contributed by atoms with Crippen molar-refractivity contribution in [3.05, 3.63) is 46.9 Å². The maximum Gasteiger partial charge on any atom is 0.276 e. The van der Waals surface area contributed by atoms with E-state index in [4.69, 9.17) is 11.6 Å². The molecule has 1 amide bonds. The molecular formula is C13H11ClF2N4O. The second-order valence-corrected chi connectivity index (χ2v) is 4.43. The molecule has 0 aliphatic carbocycles. The Morgan fingerprint density at radius 3 is 2.76 bits per heavy atom. The largest absolute Gasteiger partial charge is 0.369 e. The Labute approximate surface area is 124 Å². The van der Waals surface area contributed by atoms with Crippen LogP contribution in [0.15, 0.2) is 24.5 Å². The number of amides is 1. The summed E-state index contributed by atoms with van der Waals surface area (Å²) in [6, 6.07) is 1.53. The average Bonchev–Trinajstić information content (AvgIpc) is 2.43. The molecule has 0 radical (unpaired) electrons. The standard InChI is InChI=1S/C13H11ClF2N4O/c1-2-18-11-6-17-5-10(19-11)13(21)20-12-8(14)3-7(15)4-9(12)16/h3-6H,2H2,1H3,(H,18,19)(H,20,21). The lowest BCUT2D eigenvalue weighted by atomic mass is 10.2. The third-order valence-electron chi connectivity index (χ3n) is 2.47. The van der Waals surface area contributed by atoms with Gasteiger partial charge in [0.05, 0.1) is 23.1 Å². The number of rotatable bonds is 4. The quantitative estimate of drug-likeness (QED) is 0.910. The van der Waals surface area contributed by atoms with Crippen LogP contribution >= 0.6 is 11.6 Å². The van der Waals surface area contributed by atoms with Crippen LogP contribution in [-0.4, -0.2) is 22.4 Å². The summed E-state index contributed by atoms with van der Waals surface area (Å²) in [4.78, 5) is 19.9. The van der Waals surface area contributed by atoms with E-state index in [2.05, 4.69) is 20.6 Å². The molecule has 0 aliphatic rings. The van der Waals surface area contributed by atoms with Gasteiger partial charge in [0, 0.05) is 12.6 Å². The fourth-order valence-electron chi connectivity index (χ4n) is 1.58. The van der Waals surface area contributed by atoms with Crippen LogP contribution in [0.25, 0.3) is 0 Å². The van der Waals surface area contributed by atoms with Crippen LogP contribution in [0.4, 0.5) is 20.3 Å². The maximum atomic E-state index is 13.6. The summed E-state index contributed by atoms with van der Waals surface area (Å²) in [5.74, 6) is -2.08. The molecule has 1 aromatic carbocycles. The fraction of sp³-hybridized carbons (Fsp3) is 0.154. The molecule has 0 saturated carbocycles. The zero-order chi connectivity index (χ0) is 15.4. The monoisotopic (exact) mass is 312 g/mol. The Hall–Kier alpha value is -2.28. The smallest absolute Gasteiger partial charge is 0.276 e. The highest BCUT2D eigenvalue weighted by atomic mass is 35.5. The third kappa shape index (κ3) is 3.63. The molecule has 1 aromatic heterocycles. The molecule has 1 heterocycles. The summed E-state index contributed by atoms with van der Waals surface area (Å²) in [5.41, 5.74) is -0.327. The van der Waals surface area contributed by atoms with E-state index in [1.165, 1.54) is 12.4 Å². The molecule has 5 nitrogen and oxygen atoms in total. The van der Waals surface area contributed by atoms with Crippen molar-refractivity contribution in [2.45, 2.75) is 6.92 Å². The number of carbonyl (C=O) groups is 1. The van der Waals surface area contributed by atoms with Gasteiger partial charge in [0.15, 0.2) is 5.82 Å². The van der Waals surface area contributed by atoms with Gasteiger partial charge in [-0.2, -0.15) is 0 Å². The van der Waals surface area contributed by atoms with Crippen LogP contribution in [-0.2, 0) is 0 Å². The first-order valence-electron chi connectivity index (χ1n) is 6.03. The predicted molar refractivity (Wildman–Crippen MR) is 75.5 cm³/mol. The van der Waals surface area contributed by atoms with Crippen molar-refractivity contribution in [1.29, 1.82) is 0 Å². The number of nitrogens with zero attached hydrogens (tertiary/aromatic N) is 2. The maximum absolute atomic E-state index is 13.6. The molecule has 21 heavy (non-hydrogen) atoms. The van der Waals surface area contributed by atoms with Crippen molar-refractivity contribution in [2.24, 2.45) is 0 Å². The summed E-state index contributed by atoms with van der Waals surface area (Å²) < 4.78 is 26.5. The molecule has 2 rings (SSSR count). The number of aromatic nitrogens is 2. The molecule has 8 heteroatoms. The first-order chi connectivity index (χ1) is 10.0. The first kappa shape index (κ1) is 15.1. The number of benzene rings is 1. The van der Waals surface area contributed by atoms with Crippen molar-refractivity contribution in [1.82, 2.24) is 9.97 Å². The molecule has 110 valence electrons. The van der Waals surface area contributed by atoms with E-state index in [1.807, 2.05) is 6.92 Å². The molecule has 0 atom stereocenters. The van der Waals surface area contributed by atoms with Crippen LogP contribution in [0.3, 0.4) is 0 Å². The second-order valence-electron chi connectivity index (χ2n) is 4.02. The summed E-state index contributed by atoms with van der Waals surface area (Å²) in [6.45, 7) is 2.47. The Morgan fingerprint density at radius 2 is 2.10 bits per heavy atom. The Balaban J connectivity index is 2.24. The normalized spacial score (nSPS) is 10.3. The van der Waals surface area contributed by atoms with Crippen molar-refractivity contribution in [3.8, 4) is 0 Å². The topological polar surface area (TPSA) is 66.9 Å². The lowest BCUT2D eigenvalue weighted by Crippen LogP contribution is -2.16. The second kappa shape index (κ2) is 6.45. The van der Waals surface area contributed by atoms with Crippen molar-refractivity contribution in [3.63, 3.8) is 0 Å². The number of hydrogen-bond acceptors (Lipinski definition) is 4. The number of carbonyl (C=O) groups excluding carboxylic acids is 1. The predicted octanol–water partition coefficient (Wildman–Crippen LogP) is 3.09. The molecule has 0 bridgehead atoms. The zero-order valence-electron chi connectivity index (χ0n) is 11.0. The number of anilines is 2. The van der Waals surface area contributed by atoms with Gasteiger partial charge >= 0.3 is 0 Å². The van der Waals surface area contributed by atoms with Gasteiger partial charge in [-0.1, -0.05) is 11.6 Å². The summed E-state index contributed by atoms with van der Waals surface area (Å²) in [6.07, 6.45) is 2.68. The molecule has 0 unspecified atom stereocenters. The highest BCUT2D eigenvalue weighted by Crippen LogP contribution is 2.26. The van der Waals surface area contributed by atoms with Crippen LogP contribution in [0.5, 0.6) is 0 Å². The van der Waals surface area contributed by atoms with Crippen LogP contribution < -0.4 is 10.6 Å². The molecular weight excluding hydrogens is 302 g/mol. The number of hydrogen-bond donors (Lipinski definition) is 2. The SMILES string of the molecule is CCNc1cncc(C(=O)Nc2c(F)cc(F)cc2Cl)n1. The van der Waals surface area contributed by atoms with E-state index in [0.29, 0.717) is 18.4 Å². The molecule has 2 aromatic rings. The van der Waals surface area contributed by atoms with E-state index < -0.39 is 17.5 Å². The van der Waals surface area contributed by atoms with Crippen LogP contribution in [0.1, 0.15) is 17.4 Å². The minimum Gasteiger partial charge on any atom is -0.369 e. The van der Waals surface area contributed by atoms with E-state index >= 15 is 0 Å². The van der Waals surface area contributed by atoms with Gasteiger partial charge in [-0.3, -0.25) is 9.78 Å². The van der Waals surface area contributed by atoms with E-state index in [0.717, 1.165) is 6.07 Å². The molecule has 0 saturated heterocycles. The molecule has 0 fully saturated rings. The minimum absolute atomic E-state index is 0.0201. The van der Waals surface area contributed by atoms with E-state index in [-0.39, 0.29) is 16.4 Å². The molecule has 0 aliphatic heterocycles. The molecule has 0 spiro atoms. The van der Waals surface area contributed by atoms with E-state index in [1.54, 1.807) is 0 Å². The number of halogens is 3. The average molecular weight is 313 g/mol. The van der Waals surface area contributed by atoms with Crippen LogP contribution in [0.2, 0.25) is 5.02 Å². The summed E-state index contributed by atoms with van der Waals surface area (Å²) >= 11 is 5.70. The summed E-state index contributed by atoms with van der Waals surface area (Å²) in [7, 11) is 0. The Kier molecular flexibility index (Phi) is 4.64. The van der Waals surface area contributed by atoms with Crippen molar-refractivity contribution < 1.29 is 13.6 Å². The lowest BCUT2D eigenvalue weighted by Gasteiger charge is -2.09. The van der Waals surface area contributed by atoms with Gasteiger partial charge in [0.2, 0.25) is 0 Å². The van der Waals surface area contributed by atoms with Gasteiger partial charge < -0.3 is 10.6 Å². The van der Waals surface area contributed by atoms with Gasteiger partial charge in [-0.05, 0) is 13.0 Å². The lowest BCUT2D eigenvalue weighted by molar-refractivity contribution is 0.102. The summed E-state index contributed by atoms with van der Waals surface area (Å²) in [5, 5.41) is 4.90. The van der Waals surface area contributed by atoms with Gasteiger partial charge in [0.1, 0.15) is 17.3 Å². The highest BCUT2D eigenvalue weighted by Gasteiger charge is 2.15. The van der Waals surface area contributed by atoms with E-state index in [9.17, 15) is 13.6 Å². The van der Waals surface area contributed by atoms with Gasteiger partial charge in [-0.25, -0.2) is 13.8 Å². The highest BCUT2D eigenvalue weighted by molar-refractivity contribution is 6.33. The van der Waals surface area contributed by atoms with Crippen molar-refractivity contribution in [2.75, 3.05) is 17.2 Å². The zero-order valence-corrected chi connectivity index (χ0v) is 11.7. The Bertz CT molecular complexity index is 658. The van der Waals surface area contributed by atoms with Crippen LogP contribution in [0, 0.1) is 11.6 Å². The molecule has 2 N–H and O–H groups in total. The van der Waals surface area contributed by atoms with Crippen molar-refractivity contribution >= 4 is 29.0 Å². The fourth-order valence-corrected chi connectivity index (χ4v) is 1.82. The first-order valence-corrected chi connectivity index (χ1v) is 6.41. The van der Waals surface area contributed by atoms with Gasteiger partial charge in [0.25, 0.3) is 5.91 Å².